The van der Waals surface area contributed by atoms with Crippen molar-refractivity contribution in [1.82, 2.24) is 14.9 Å². The molecule has 1 unspecified atom stereocenters. The van der Waals surface area contributed by atoms with Gasteiger partial charge >= 0.3 is 0 Å². The lowest BCUT2D eigenvalue weighted by atomic mass is 9.98. The van der Waals surface area contributed by atoms with Crippen LogP contribution in [0.5, 0.6) is 0 Å². The van der Waals surface area contributed by atoms with E-state index in [0.717, 1.165) is 67.8 Å². The van der Waals surface area contributed by atoms with Gasteiger partial charge in [-0.05, 0) is 39.1 Å². The van der Waals surface area contributed by atoms with E-state index in [0.29, 0.717) is 25.7 Å². The number of likely N-dealkylation sites (tertiary alicyclic amines) is 1. The SMILES string of the molecule is COC1=Cc2c(nc(N3CCOCC3)nc2NC2CCN(C)CC2)CC1OC. The standard InChI is InChI=1S/C20H31N5O3/c1-24-6-4-14(5-7-24)21-19-15-12-17(26-2)18(27-3)13-16(15)22-20(23-19)25-8-10-28-11-9-25/h12,14,18H,4-11,13H2,1-3H3,(H,21,22,23). The summed E-state index contributed by atoms with van der Waals surface area (Å²) in [4.78, 5) is 14.4. The summed E-state index contributed by atoms with van der Waals surface area (Å²) >= 11 is 0. The first-order valence-electron chi connectivity index (χ1n) is 10.1. The lowest BCUT2D eigenvalue weighted by Crippen LogP contribution is -2.39. The van der Waals surface area contributed by atoms with E-state index in [9.17, 15) is 0 Å². The van der Waals surface area contributed by atoms with E-state index >= 15 is 0 Å². The number of hydrogen-bond acceptors (Lipinski definition) is 8. The number of hydrogen-bond donors (Lipinski definition) is 1. The third kappa shape index (κ3) is 4.09. The summed E-state index contributed by atoms with van der Waals surface area (Å²) in [5.41, 5.74) is 2.04. The molecule has 1 aromatic rings. The Labute approximate surface area is 166 Å². The predicted molar refractivity (Wildman–Crippen MR) is 109 cm³/mol. The Kier molecular flexibility index (Phi) is 5.99. The number of aromatic nitrogens is 2. The van der Waals surface area contributed by atoms with Gasteiger partial charge in [-0.2, -0.15) is 4.98 Å². The van der Waals surface area contributed by atoms with Gasteiger partial charge in [-0.1, -0.05) is 0 Å². The summed E-state index contributed by atoms with van der Waals surface area (Å²) < 4.78 is 16.7. The minimum absolute atomic E-state index is 0.110. The fourth-order valence-electron chi connectivity index (χ4n) is 4.07. The van der Waals surface area contributed by atoms with Crippen molar-refractivity contribution in [2.24, 2.45) is 0 Å². The molecule has 1 N–H and O–H groups in total. The fraction of sp³-hybridized carbons (Fsp3) is 0.700. The normalized spacial score (nSPS) is 23.9. The second kappa shape index (κ2) is 8.63. The topological polar surface area (TPSA) is 72.0 Å². The Bertz CT molecular complexity index is 712. The second-order valence-electron chi connectivity index (χ2n) is 7.73. The lowest BCUT2D eigenvalue weighted by molar-refractivity contribution is 0.0787. The molecule has 8 nitrogen and oxygen atoms in total. The molecule has 2 aliphatic heterocycles. The van der Waals surface area contributed by atoms with Gasteiger partial charge in [-0.25, -0.2) is 4.98 Å². The van der Waals surface area contributed by atoms with Gasteiger partial charge in [0, 0.05) is 38.2 Å². The average Bonchev–Trinajstić information content (AvgIpc) is 2.74. The summed E-state index contributed by atoms with van der Waals surface area (Å²) in [5.74, 6) is 2.51. The van der Waals surface area contributed by atoms with Crippen LogP contribution in [0, 0.1) is 0 Å². The number of nitrogens with one attached hydrogen (secondary N) is 1. The number of fused-ring (bicyclic) bond motifs is 1. The van der Waals surface area contributed by atoms with Gasteiger partial charge in [0.1, 0.15) is 17.7 Å². The molecule has 28 heavy (non-hydrogen) atoms. The third-order valence-corrected chi connectivity index (χ3v) is 5.87. The first-order valence-corrected chi connectivity index (χ1v) is 10.1. The Morgan fingerprint density at radius 3 is 2.54 bits per heavy atom. The molecule has 8 heteroatoms. The van der Waals surface area contributed by atoms with Crippen LogP contribution in [0.1, 0.15) is 24.1 Å². The fourth-order valence-corrected chi connectivity index (χ4v) is 4.07. The molecule has 1 atom stereocenters. The first kappa shape index (κ1) is 19.4. The van der Waals surface area contributed by atoms with Gasteiger partial charge in [0.2, 0.25) is 5.95 Å². The van der Waals surface area contributed by atoms with Gasteiger partial charge in [-0.3, -0.25) is 0 Å². The van der Waals surface area contributed by atoms with Crippen LogP contribution in [0.3, 0.4) is 0 Å². The monoisotopic (exact) mass is 389 g/mol. The highest BCUT2D eigenvalue weighted by molar-refractivity contribution is 5.70. The molecule has 0 bridgehead atoms. The van der Waals surface area contributed by atoms with Crippen LogP contribution in [0.4, 0.5) is 11.8 Å². The molecule has 2 fully saturated rings. The van der Waals surface area contributed by atoms with E-state index in [4.69, 9.17) is 24.2 Å². The zero-order chi connectivity index (χ0) is 19.5. The number of anilines is 2. The molecule has 0 spiro atoms. The summed E-state index contributed by atoms with van der Waals surface area (Å²) in [6.45, 7) is 5.27. The highest BCUT2D eigenvalue weighted by atomic mass is 16.5. The van der Waals surface area contributed by atoms with Crippen LogP contribution in [-0.2, 0) is 20.6 Å². The maximum atomic E-state index is 5.63. The summed E-state index contributed by atoms with van der Waals surface area (Å²) in [6, 6.07) is 0.423. The van der Waals surface area contributed by atoms with Crippen LogP contribution in [-0.4, -0.2) is 87.7 Å². The number of nitrogens with zero attached hydrogens (tertiary/aromatic N) is 4. The van der Waals surface area contributed by atoms with Crippen molar-refractivity contribution in [3.05, 3.63) is 17.0 Å². The third-order valence-electron chi connectivity index (χ3n) is 5.87. The predicted octanol–water partition coefficient (Wildman–Crippen LogP) is 1.38. The van der Waals surface area contributed by atoms with Crippen LogP contribution in [0.15, 0.2) is 5.76 Å². The first-order chi connectivity index (χ1) is 13.7. The molecule has 1 aliphatic carbocycles. The van der Waals surface area contributed by atoms with Gasteiger partial charge in [0.15, 0.2) is 0 Å². The van der Waals surface area contributed by atoms with E-state index < -0.39 is 0 Å². The molecule has 4 rings (SSSR count). The highest BCUT2D eigenvalue weighted by Crippen LogP contribution is 2.32. The minimum Gasteiger partial charge on any atom is -0.498 e. The number of methoxy groups -OCH3 is 2. The van der Waals surface area contributed by atoms with Crippen molar-refractivity contribution in [2.75, 3.05) is 70.9 Å². The molecule has 2 saturated heterocycles. The number of ether oxygens (including phenoxy) is 3. The highest BCUT2D eigenvalue weighted by Gasteiger charge is 2.29. The molecule has 0 saturated carbocycles. The van der Waals surface area contributed by atoms with E-state index in [1.807, 2.05) is 6.08 Å². The summed E-state index contributed by atoms with van der Waals surface area (Å²) in [7, 11) is 5.58. The van der Waals surface area contributed by atoms with Crippen molar-refractivity contribution in [3.8, 4) is 0 Å². The van der Waals surface area contributed by atoms with Gasteiger partial charge < -0.3 is 29.3 Å². The van der Waals surface area contributed by atoms with Crippen molar-refractivity contribution < 1.29 is 14.2 Å². The molecular formula is C20H31N5O3. The smallest absolute Gasteiger partial charge is 0.227 e. The van der Waals surface area contributed by atoms with Crippen LogP contribution in [0.25, 0.3) is 6.08 Å². The minimum atomic E-state index is -0.110. The quantitative estimate of drug-likeness (QED) is 0.810. The summed E-state index contributed by atoms with van der Waals surface area (Å²) in [5, 5.41) is 3.71. The molecule has 0 aromatic carbocycles. The van der Waals surface area contributed by atoms with Gasteiger partial charge in [-0.15, -0.1) is 0 Å². The van der Waals surface area contributed by atoms with E-state index in [-0.39, 0.29) is 6.10 Å². The van der Waals surface area contributed by atoms with Crippen LogP contribution in [0.2, 0.25) is 0 Å². The largest absolute Gasteiger partial charge is 0.498 e. The molecule has 0 amide bonds. The Balaban J connectivity index is 1.67. The zero-order valence-electron chi connectivity index (χ0n) is 17.1. The van der Waals surface area contributed by atoms with Crippen molar-refractivity contribution in [2.45, 2.75) is 31.4 Å². The number of piperidine rings is 1. The van der Waals surface area contributed by atoms with Crippen LogP contribution >= 0.6 is 0 Å². The maximum absolute atomic E-state index is 5.63. The summed E-state index contributed by atoms with van der Waals surface area (Å²) in [6.07, 6.45) is 4.84. The van der Waals surface area contributed by atoms with Gasteiger partial charge in [0.05, 0.1) is 26.0 Å². The average molecular weight is 390 g/mol. The molecular weight excluding hydrogens is 358 g/mol. The Morgan fingerprint density at radius 1 is 1.11 bits per heavy atom. The van der Waals surface area contributed by atoms with Gasteiger partial charge in [0.25, 0.3) is 0 Å². The maximum Gasteiger partial charge on any atom is 0.227 e. The Morgan fingerprint density at radius 2 is 1.86 bits per heavy atom. The molecule has 154 valence electrons. The zero-order valence-corrected chi connectivity index (χ0v) is 17.1. The number of rotatable bonds is 5. The lowest BCUT2D eigenvalue weighted by Gasteiger charge is -2.33. The van der Waals surface area contributed by atoms with Crippen molar-refractivity contribution in [1.29, 1.82) is 0 Å². The number of morpholine rings is 1. The molecule has 0 radical (unpaired) electrons. The second-order valence-corrected chi connectivity index (χ2v) is 7.73. The van der Waals surface area contributed by atoms with Crippen LogP contribution < -0.4 is 10.2 Å². The van der Waals surface area contributed by atoms with E-state index in [1.165, 1.54) is 0 Å². The Hall–Kier alpha value is -1.90. The van der Waals surface area contributed by atoms with E-state index in [2.05, 4.69) is 22.2 Å². The molecule has 3 heterocycles. The van der Waals surface area contributed by atoms with Crippen molar-refractivity contribution >= 4 is 17.8 Å². The van der Waals surface area contributed by atoms with Crippen molar-refractivity contribution in [3.63, 3.8) is 0 Å². The molecule has 3 aliphatic rings. The molecule has 1 aromatic heterocycles. The van der Waals surface area contributed by atoms with E-state index in [1.54, 1.807) is 14.2 Å².